The lowest BCUT2D eigenvalue weighted by Crippen LogP contribution is -2.36. The third-order valence-corrected chi connectivity index (χ3v) is 3.04. The summed E-state index contributed by atoms with van der Waals surface area (Å²) in [6.45, 7) is 1.31. The highest BCUT2D eigenvalue weighted by Gasteiger charge is 2.26. The van der Waals surface area contributed by atoms with Gasteiger partial charge in [0.25, 0.3) is 0 Å². The van der Waals surface area contributed by atoms with E-state index in [1.807, 2.05) is 0 Å². The summed E-state index contributed by atoms with van der Waals surface area (Å²) >= 11 is 0. The molecule has 5 heteroatoms. The molecule has 5 nitrogen and oxygen atoms in total. The van der Waals surface area contributed by atoms with Gasteiger partial charge in [-0.1, -0.05) is 0 Å². The number of nitrogens with zero attached hydrogens (tertiary/aromatic N) is 2. The fourth-order valence-corrected chi connectivity index (χ4v) is 2.01. The van der Waals surface area contributed by atoms with Crippen molar-refractivity contribution in [2.75, 3.05) is 30.9 Å². The van der Waals surface area contributed by atoms with E-state index in [0.717, 1.165) is 12.8 Å². The number of rotatable bonds is 2. The second kappa shape index (κ2) is 5.14. The Kier molecular flexibility index (Phi) is 3.58. The molecule has 2 heterocycles. The number of ether oxygens (including phenoxy) is 1. The third kappa shape index (κ3) is 2.55. The van der Waals surface area contributed by atoms with Crippen LogP contribution in [0.1, 0.15) is 12.8 Å². The Morgan fingerprint density at radius 1 is 1.53 bits per heavy atom. The van der Waals surface area contributed by atoms with Crippen molar-refractivity contribution in [1.29, 1.82) is 0 Å². The van der Waals surface area contributed by atoms with E-state index < -0.39 is 0 Å². The molecule has 1 aromatic heterocycles. The van der Waals surface area contributed by atoms with E-state index in [9.17, 15) is 4.79 Å². The van der Waals surface area contributed by atoms with Gasteiger partial charge < -0.3 is 10.5 Å². The summed E-state index contributed by atoms with van der Waals surface area (Å²) in [5, 5.41) is 0. The summed E-state index contributed by atoms with van der Waals surface area (Å²) in [6, 6.07) is 3.50. The van der Waals surface area contributed by atoms with Gasteiger partial charge >= 0.3 is 0 Å². The number of aromatic nitrogens is 1. The van der Waals surface area contributed by atoms with Gasteiger partial charge in [0, 0.05) is 32.4 Å². The standard InChI is InChI=1S/C12H17N3O2/c1-15(11-10(13)3-2-6-14-11)12(16)9-4-7-17-8-5-9/h2-3,6,9H,4-5,7-8,13H2,1H3. The van der Waals surface area contributed by atoms with E-state index in [2.05, 4.69) is 4.98 Å². The quantitative estimate of drug-likeness (QED) is 0.832. The predicted octanol–water partition coefficient (Wildman–Crippen LogP) is 1.05. The van der Waals surface area contributed by atoms with Gasteiger partial charge in [0.05, 0.1) is 5.69 Å². The zero-order valence-corrected chi connectivity index (χ0v) is 9.93. The lowest BCUT2D eigenvalue weighted by molar-refractivity contribution is -0.124. The molecule has 0 unspecified atom stereocenters. The molecule has 2 N–H and O–H groups in total. The molecule has 1 aliphatic rings. The fourth-order valence-electron chi connectivity index (χ4n) is 2.01. The molecule has 0 atom stereocenters. The SMILES string of the molecule is CN(C(=O)C1CCOCC1)c1ncccc1N. The van der Waals surface area contributed by atoms with Crippen LogP contribution in [0, 0.1) is 5.92 Å². The number of carbonyl (C=O) groups excluding carboxylic acids is 1. The van der Waals surface area contributed by atoms with Gasteiger partial charge in [-0.2, -0.15) is 0 Å². The van der Waals surface area contributed by atoms with Crippen molar-refractivity contribution in [2.45, 2.75) is 12.8 Å². The van der Waals surface area contributed by atoms with Crippen LogP contribution in [-0.2, 0) is 9.53 Å². The number of anilines is 2. The average Bonchev–Trinajstić information content (AvgIpc) is 2.39. The van der Waals surface area contributed by atoms with Crippen molar-refractivity contribution in [3.8, 4) is 0 Å². The van der Waals surface area contributed by atoms with Crippen LogP contribution < -0.4 is 10.6 Å². The number of nitrogen functional groups attached to an aromatic ring is 1. The Morgan fingerprint density at radius 2 is 2.24 bits per heavy atom. The van der Waals surface area contributed by atoms with Crippen molar-refractivity contribution in [1.82, 2.24) is 4.98 Å². The first-order chi connectivity index (χ1) is 8.20. The van der Waals surface area contributed by atoms with E-state index in [1.165, 1.54) is 0 Å². The van der Waals surface area contributed by atoms with Crippen molar-refractivity contribution >= 4 is 17.4 Å². The maximum atomic E-state index is 12.2. The smallest absolute Gasteiger partial charge is 0.231 e. The number of amides is 1. The Bertz CT molecular complexity index is 402. The molecular weight excluding hydrogens is 218 g/mol. The van der Waals surface area contributed by atoms with Crippen molar-refractivity contribution in [2.24, 2.45) is 5.92 Å². The van der Waals surface area contributed by atoms with Gasteiger partial charge in [-0.25, -0.2) is 4.98 Å². The van der Waals surface area contributed by atoms with Crippen LogP contribution in [0.2, 0.25) is 0 Å². The second-order valence-corrected chi connectivity index (χ2v) is 4.20. The number of hydrogen-bond donors (Lipinski definition) is 1. The minimum absolute atomic E-state index is 0.0233. The lowest BCUT2D eigenvalue weighted by Gasteiger charge is -2.26. The molecule has 1 fully saturated rings. The zero-order chi connectivity index (χ0) is 12.3. The summed E-state index contributed by atoms with van der Waals surface area (Å²) in [6.07, 6.45) is 3.19. The van der Waals surface area contributed by atoms with Crippen molar-refractivity contribution in [3.05, 3.63) is 18.3 Å². The predicted molar refractivity (Wildman–Crippen MR) is 65.6 cm³/mol. The highest BCUT2D eigenvalue weighted by Crippen LogP contribution is 2.23. The summed E-state index contributed by atoms with van der Waals surface area (Å²) < 4.78 is 5.25. The van der Waals surface area contributed by atoms with Gasteiger partial charge in [-0.05, 0) is 25.0 Å². The average molecular weight is 235 g/mol. The van der Waals surface area contributed by atoms with Gasteiger partial charge in [-0.15, -0.1) is 0 Å². The molecule has 0 saturated carbocycles. The fraction of sp³-hybridized carbons (Fsp3) is 0.500. The van der Waals surface area contributed by atoms with E-state index in [1.54, 1.807) is 30.3 Å². The lowest BCUT2D eigenvalue weighted by atomic mass is 9.99. The topological polar surface area (TPSA) is 68.5 Å². The van der Waals surface area contributed by atoms with E-state index in [4.69, 9.17) is 10.5 Å². The number of nitrogens with two attached hydrogens (primary N) is 1. The van der Waals surface area contributed by atoms with Gasteiger partial charge in [0.15, 0.2) is 5.82 Å². The molecule has 2 rings (SSSR count). The molecule has 1 amide bonds. The van der Waals surface area contributed by atoms with Crippen LogP contribution in [0.4, 0.5) is 11.5 Å². The van der Waals surface area contributed by atoms with E-state index in [0.29, 0.717) is 24.7 Å². The van der Waals surface area contributed by atoms with Crippen LogP contribution in [0.3, 0.4) is 0 Å². The molecule has 1 saturated heterocycles. The second-order valence-electron chi connectivity index (χ2n) is 4.20. The van der Waals surface area contributed by atoms with Crippen LogP contribution in [0.25, 0.3) is 0 Å². The van der Waals surface area contributed by atoms with E-state index >= 15 is 0 Å². The number of carbonyl (C=O) groups is 1. The summed E-state index contributed by atoms with van der Waals surface area (Å²) in [7, 11) is 1.72. The first kappa shape index (κ1) is 11.9. The number of hydrogen-bond acceptors (Lipinski definition) is 4. The van der Waals surface area contributed by atoms with Crippen LogP contribution >= 0.6 is 0 Å². The molecule has 1 aliphatic heterocycles. The molecule has 0 aliphatic carbocycles. The minimum Gasteiger partial charge on any atom is -0.396 e. The van der Waals surface area contributed by atoms with Crippen LogP contribution in [0.5, 0.6) is 0 Å². The molecule has 0 aromatic carbocycles. The van der Waals surface area contributed by atoms with Crippen LogP contribution in [0.15, 0.2) is 18.3 Å². The molecule has 17 heavy (non-hydrogen) atoms. The molecule has 0 spiro atoms. The van der Waals surface area contributed by atoms with Crippen molar-refractivity contribution in [3.63, 3.8) is 0 Å². The molecular formula is C12H17N3O2. The maximum absolute atomic E-state index is 12.2. The Labute approximate surface area is 101 Å². The monoisotopic (exact) mass is 235 g/mol. The van der Waals surface area contributed by atoms with Gasteiger partial charge in [0.2, 0.25) is 5.91 Å². The van der Waals surface area contributed by atoms with Crippen LogP contribution in [-0.4, -0.2) is 31.2 Å². The maximum Gasteiger partial charge on any atom is 0.231 e. The zero-order valence-electron chi connectivity index (χ0n) is 9.93. The highest BCUT2D eigenvalue weighted by atomic mass is 16.5. The molecule has 0 bridgehead atoms. The first-order valence-electron chi connectivity index (χ1n) is 5.76. The normalized spacial score (nSPS) is 16.8. The largest absolute Gasteiger partial charge is 0.396 e. The van der Waals surface area contributed by atoms with E-state index in [-0.39, 0.29) is 11.8 Å². The Hall–Kier alpha value is -1.62. The summed E-state index contributed by atoms with van der Waals surface area (Å²) in [5.74, 6) is 0.623. The van der Waals surface area contributed by atoms with Gasteiger partial charge in [0.1, 0.15) is 0 Å². The summed E-state index contributed by atoms with van der Waals surface area (Å²) in [4.78, 5) is 17.9. The Balaban J connectivity index is 2.11. The molecule has 0 radical (unpaired) electrons. The summed E-state index contributed by atoms with van der Waals surface area (Å²) in [5.41, 5.74) is 6.33. The Morgan fingerprint density at radius 3 is 2.88 bits per heavy atom. The molecule has 1 aromatic rings. The van der Waals surface area contributed by atoms with Gasteiger partial charge in [-0.3, -0.25) is 9.69 Å². The number of pyridine rings is 1. The minimum atomic E-state index is 0.0233. The third-order valence-electron chi connectivity index (χ3n) is 3.04. The first-order valence-corrected chi connectivity index (χ1v) is 5.76. The van der Waals surface area contributed by atoms with Crippen molar-refractivity contribution < 1.29 is 9.53 Å². The highest BCUT2D eigenvalue weighted by molar-refractivity contribution is 5.96. The molecule has 92 valence electrons.